The van der Waals surface area contributed by atoms with Crippen LogP contribution in [0.15, 0.2) is 0 Å². The minimum atomic E-state index is -0.229. The van der Waals surface area contributed by atoms with Crippen LogP contribution in [0.25, 0.3) is 0 Å². The molecule has 11 heavy (non-hydrogen) atoms. The van der Waals surface area contributed by atoms with Crippen molar-refractivity contribution < 1.29 is 14.6 Å². The van der Waals surface area contributed by atoms with Crippen molar-refractivity contribution in [3.8, 4) is 0 Å². The van der Waals surface area contributed by atoms with Gasteiger partial charge in [0.25, 0.3) is 0 Å². The summed E-state index contributed by atoms with van der Waals surface area (Å²) in [5, 5.41) is 10.7. The molecule has 0 fully saturated rings. The van der Waals surface area contributed by atoms with Crippen molar-refractivity contribution >= 4 is 5.91 Å². The molecule has 5 heteroatoms. The van der Waals surface area contributed by atoms with Crippen molar-refractivity contribution in [1.29, 1.82) is 0 Å². The molecule has 66 valence electrons. The van der Waals surface area contributed by atoms with E-state index < -0.39 is 0 Å². The number of aliphatic hydroxyl groups is 1. The summed E-state index contributed by atoms with van der Waals surface area (Å²) in [4.78, 5) is 10.7. The third kappa shape index (κ3) is 7.24. The second-order valence-corrected chi connectivity index (χ2v) is 1.91. The molecule has 0 aliphatic carbocycles. The molecule has 0 aromatic heterocycles. The van der Waals surface area contributed by atoms with Gasteiger partial charge in [-0.3, -0.25) is 4.79 Å². The summed E-state index contributed by atoms with van der Waals surface area (Å²) < 4.78 is 4.82. The van der Waals surface area contributed by atoms with Crippen molar-refractivity contribution in [2.75, 3.05) is 32.9 Å². The van der Waals surface area contributed by atoms with Crippen LogP contribution in [0.2, 0.25) is 0 Å². The first-order valence-electron chi connectivity index (χ1n) is 3.46. The van der Waals surface area contributed by atoms with Crippen LogP contribution in [0, 0.1) is 0 Å². The molecule has 0 aliphatic heterocycles. The Balaban J connectivity index is 3.09. The molecular formula is C6H14N2O3. The minimum absolute atomic E-state index is 0.0111. The lowest BCUT2D eigenvalue weighted by Crippen LogP contribution is -2.30. The van der Waals surface area contributed by atoms with E-state index in [4.69, 9.17) is 15.6 Å². The van der Waals surface area contributed by atoms with E-state index in [0.29, 0.717) is 13.2 Å². The fourth-order valence-electron chi connectivity index (χ4n) is 0.495. The molecule has 0 heterocycles. The highest BCUT2D eigenvalue weighted by atomic mass is 16.5. The van der Waals surface area contributed by atoms with Gasteiger partial charge in [-0.2, -0.15) is 0 Å². The molecule has 0 saturated carbocycles. The quantitative estimate of drug-likeness (QED) is 0.397. The number of hydrogen-bond acceptors (Lipinski definition) is 4. The van der Waals surface area contributed by atoms with E-state index in [0.717, 1.165) is 0 Å². The molecule has 0 radical (unpaired) electrons. The maximum atomic E-state index is 10.7. The van der Waals surface area contributed by atoms with Crippen LogP contribution in [0.5, 0.6) is 0 Å². The molecule has 1 amide bonds. The summed E-state index contributed by atoms with van der Waals surface area (Å²) in [6, 6.07) is 0. The topological polar surface area (TPSA) is 84.6 Å². The summed E-state index contributed by atoms with van der Waals surface area (Å²) in [7, 11) is 0. The van der Waals surface area contributed by atoms with Gasteiger partial charge in [0.2, 0.25) is 5.91 Å². The van der Waals surface area contributed by atoms with Crippen LogP contribution in [-0.4, -0.2) is 43.9 Å². The van der Waals surface area contributed by atoms with Gasteiger partial charge in [0, 0.05) is 13.1 Å². The van der Waals surface area contributed by atoms with Crippen molar-refractivity contribution in [2.24, 2.45) is 5.73 Å². The third-order valence-corrected chi connectivity index (χ3v) is 0.929. The normalized spacial score (nSPS) is 9.64. The molecule has 0 unspecified atom stereocenters. The van der Waals surface area contributed by atoms with Crippen LogP contribution >= 0.6 is 0 Å². The molecule has 5 nitrogen and oxygen atoms in total. The predicted molar refractivity (Wildman–Crippen MR) is 40.0 cm³/mol. The van der Waals surface area contributed by atoms with Crippen molar-refractivity contribution in [2.45, 2.75) is 0 Å². The van der Waals surface area contributed by atoms with Gasteiger partial charge in [-0.25, -0.2) is 0 Å². The summed E-state index contributed by atoms with van der Waals surface area (Å²) in [5.74, 6) is -0.229. The first-order chi connectivity index (χ1) is 5.31. The van der Waals surface area contributed by atoms with Crippen LogP contribution in [0.1, 0.15) is 0 Å². The number of amides is 1. The highest BCUT2D eigenvalue weighted by Gasteiger charge is 1.97. The van der Waals surface area contributed by atoms with Crippen molar-refractivity contribution in [3.05, 3.63) is 0 Å². The lowest BCUT2D eigenvalue weighted by atomic mass is 10.6. The smallest absolute Gasteiger partial charge is 0.246 e. The van der Waals surface area contributed by atoms with Crippen molar-refractivity contribution in [1.82, 2.24) is 5.32 Å². The number of rotatable bonds is 6. The second kappa shape index (κ2) is 7.46. The van der Waals surface area contributed by atoms with Gasteiger partial charge in [0.15, 0.2) is 0 Å². The molecule has 0 rings (SSSR count). The largest absolute Gasteiger partial charge is 0.395 e. The Morgan fingerprint density at radius 2 is 2.36 bits per heavy atom. The van der Waals surface area contributed by atoms with Crippen molar-refractivity contribution in [3.63, 3.8) is 0 Å². The number of hydrogen-bond donors (Lipinski definition) is 3. The SMILES string of the molecule is NCCOCC(=O)NCCO. The van der Waals surface area contributed by atoms with E-state index in [1.54, 1.807) is 0 Å². The van der Waals surface area contributed by atoms with Gasteiger partial charge in [0.1, 0.15) is 6.61 Å². The molecule has 4 N–H and O–H groups in total. The van der Waals surface area contributed by atoms with Gasteiger partial charge in [0.05, 0.1) is 13.2 Å². The van der Waals surface area contributed by atoms with Gasteiger partial charge in [-0.15, -0.1) is 0 Å². The standard InChI is InChI=1S/C6H14N2O3/c7-1-4-11-5-6(10)8-2-3-9/h9H,1-5,7H2,(H,8,10). The van der Waals surface area contributed by atoms with Crippen LogP contribution in [-0.2, 0) is 9.53 Å². The van der Waals surface area contributed by atoms with E-state index in [1.165, 1.54) is 0 Å². The van der Waals surface area contributed by atoms with Crippen LogP contribution in [0.3, 0.4) is 0 Å². The number of aliphatic hydroxyl groups excluding tert-OH is 1. The Bertz CT molecular complexity index is 108. The maximum absolute atomic E-state index is 10.7. The fraction of sp³-hybridized carbons (Fsp3) is 0.833. The molecule has 0 spiro atoms. The average molecular weight is 162 g/mol. The van der Waals surface area contributed by atoms with E-state index in [2.05, 4.69) is 5.32 Å². The lowest BCUT2D eigenvalue weighted by molar-refractivity contribution is -0.125. The number of carbonyl (C=O) groups excluding carboxylic acids is 1. The zero-order valence-corrected chi connectivity index (χ0v) is 6.38. The molecule has 0 aromatic carbocycles. The summed E-state index contributed by atoms with van der Waals surface area (Å²) in [5.41, 5.74) is 5.12. The Morgan fingerprint density at radius 3 is 2.91 bits per heavy atom. The van der Waals surface area contributed by atoms with Gasteiger partial charge >= 0.3 is 0 Å². The maximum Gasteiger partial charge on any atom is 0.246 e. The molecule has 0 aliphatic rings. The molecule has 0 bridgehead atoms. The van der Waals surface area contributed by atoms with Gasteiger partial charge < -0.3 is 20.9 Å². The monoisotopic (exact) mass is 162 g/mol. The molecule has 0 atom stereocenters. The molecule has 0 aromatic rings. The number of carbonyl (C=O) groups is 1. The third-order valence-electron chi connectivity index (χ3n) is 0.929. The van der Waals surface area contributed by atoms with E-state index in [-0.39, 0.29) is 25.7 Å². The molecular weight excluding hydrogens is 148 g/mol. The zero-order valence-electron chi connectivity index (χ0n) is 6.38. The van der Waals surface area contributed by atoms with Gasteiger partial charge in [-0.05, 0) is 0 Å². The van der Waals surface area contributed by atoms with E-state index in [9.17, 15) is 4.79 Å². The van der Waals surface area contributed by atoms with Gasteiger partial charge in [-0.1, -0.05) is 0 Å². The Kier molecular flexibility index (Phi) is 7.02. The second-order valence-electron chi connectivity index (χ2n) is 1.91. The predicted octanol–water partition coefficient (Wildman–Crippen LogP) is -1.93. The van der Waals surface area contributed by atoms with E-state index >= 15 is 0 Å². The average Bonchev–Trinajstić information content (AvgIpc) is 2.01. The van der Waals surface area contributed by atoms with E-state index in [1.807, 2.05) is 0 Å². The first-order valence-corrected chi connectivity index (χ1v) is 3.46. The minimum Gasteiger partial charge on any atom is -0.395 e. The summed E-state index contributed by atoms with van der Waals surface area (Å²) >= 11 is 0. The lowest BCUT2D eigenvalue weighted by Gasteiger charge is -2.02. The highest BCUT2D eigenvalue weighted by Crippen LogP contribution is 1.72. The first kappa shape index (κ1) is 10.3. The number of ether oxygens (including phenoxy) is 1. The summed E-state index contributed by atoms with van der Waals surface area (Å²) in [6.07, 6.45) is 0. The number of nitrogens with two attached hydrogens (primary N) is 1. The summed E-state index contributed by atoms with van der Waals surface area (Å²) in [6.45, 7) is 1.02. The zero-order chi connectivity index (χ0) is 8.53. The fourth-order valence-corrected chi connectivity index (χ4v) is 0.495. The highest BCUT2D eigenvalue weighted by molar-refractivity contribution is 5.77. The Morgan fingerprint density at radius 1 is 1.64 bits per heavy atom. The Labute approximate surface area is 65.5 Å². The van der Waals surface area contributed by atoms with Crippen LogP contribution < -0.4 is 11.1 Å². The number of nitrogens with one attached hydrogen (secondary N) is 1. The Hall–Kier alpha value is -0.650. The molecule has 0 saturated heterocycles. The van der Waals surface area contributed by atoms with Crippen LogP contribution in [0.4, 0.5) is 0 Å².